The smallest absolute Gasteiger partial charge is 0.240 e. The number of anilines is 1. The van der Waals surface area contributed by atoms with Crippen LogP contribution in [0.15, 0.2) is 29.3 Å². The minimum absolute atomic E-state index is 0.0615. The van der Waals surface area contributed by atoms with E-state index in [1.165, 1.54) is 18.7 Å². The van der Waals surface area contributed by atoms with Gasteiger partial charge in [0.15, 0.2) is 11.0 Å². The first-order valence-electron chi connectivity index (χ1n) is 7.42. The highest BCUT2D eigenvalue weighted by Gasteiger charge is 2.31. The number of benzene rings is 1. The molecule has 1 saturated heterocycles. The molecule has 0 radical (unpaired) electrons. The Kier molecular flexibility index (Phi) is 5.92. The molecule has 1 aliphatic heterocycles. The molecular weight excluding hydrogens is 314 g/mol. The van der Waals surface area contributed by atoms with Crippen molar-refractivity contribution in [1.82, 2.24) is 5.32 Å². The van der Waals surface area contributed by atoms with Crippen molar-refractivity contribution in [2.24, 2.45) is 4.99 Å². The van der Waals surface area contributed by atoms with E-state index in [0.717, 1.165) is 6.42 Å². The standard InChI is InChI=1S/C16H19N3O3S/c1-3-7-17-16-19-15(22)13(23-16)9-14(21)18-12-6-4-5-11(8-12)10(2)20/h4-6,8,13H,3,7,9H2,1-2H3,(H,18,21)(H,17,19,22). The highest BCUT2D eigenvalue weighted by atomic mass is 32.2. The molecule has 0 aromatic heterocycles. The zero-order valence-electron chi connectivity index (χ0n) is 13.1. The summed E-state index contributed by atoms with van der Waals surface area (Å²) in [6.45, 7) is 4.13. The maximum Gasteiger partial charge on any atom is 0.240 e. The first kappa shape index (κ1) is 17.2. The topological polar surface area (TPSA) is 87.6 Å². The number of nitrogens with one attached hydrogen (secondary N) is 2. The van der Waals surface area contributed by atoms with Gasteiger partial charge in [-0.2, -0.15) is 0 Å². The molecular formula is C16H19N3O3S. The molecule has 6 nitrogen and oxygen atoms in total. The Morgan fingerprint density at radius 1 is 1.39 bits per heavy atom. The zero-order valence-corrected chi connectivity index (χ0v) is 13.9. The van der Waals surface area contributed by atoms with Crippen LogP contribution >= 0.6 is 11.8 Å². The SMILES string of the molecule is CCCN=C1NC(=O)C(CC(=O)Nc2cccc(C(C)=O)c2)S1. The van der Waals surface area contributed by atoms with E-state index in [0.29, 0.717) is 23.0 Å². The monoisotopic (exact) mass is 333 g/mol. The predicted molar refractivity (Wildman–Crippen MR) is 91.8 cm³/mol. The lowest BCUT2D eigenvalue weighted by molar-refractivity contribution is -0.122. The van der Waals surface area contributed by atoms with Crippen LogP contribution in [-0.4, -0.2) is 34.6 Å². The molecule has 0 aliphatic carbocycles. The summed E-state index contributed by atoms with van der Waals surface area (Å²) in [4.78, 5) is 39.5. The Morgan fingerprint density at radius 3 is 2.87 bits per heavy atom. The summed E-state index contributed by atoms with van der Waals surface area (Å²) < 4.78 is 0. The van der Waals surface area contributed by atoms with Crippen LogP contribution in [-0.2, 0) is 9.59 Å². The van der Waals surface area contributed by atoms with Gasteiger partial charge in [0.25, 0.3) is 0 Å². The average molecular weight is 333 g/mol. The molecule has 1 aromatic rings. The normalized spacial score (nSPS) is 18.8. The fraction of sp³-hybridized carbons (Fsp3) is 0.375. The number of hydrogen-bond acceptors (Lipinski definition) is 5. The first-order chi connectivity index (χ1) is 11.0. The van der Waals surface area contributed by atoms with Gasteiger partial charge in [0.2, 0.25) is 11.8 Å². The number of nitrogens with zero attached hydrogens (tertiary/aromatic N) is 1. The Hall–Kier alpha value is -2.15. The molecule has 2 N–H and O–H groups in total. The molecule has 2 amide bonds. The number of amides is 2. The van der Waals surface area contributed by atoms with Crippen molar-refractivity contribution in [3.63, 3.8) is 0 Å². The fourth-order valence-electron chi connectivity index (χ4n) is 2.02. The van der Waals surface area contributed by atoms with Gasteiger partial charge in [-0.15, -0.1) is 0 Å². The second-order valence-corrected chi connectivity index (χ2v) is 6.36. The van der Waals surface area contributed by atoms with E-state index < -0.39 is 5.25 Å². The number of hydrogen-bond donors (Lipinski definition) is 2. The van der Waals surface area contributed by atoms with Crippen molar-refractivity contribution in [1.29, 1.82) is 0 Å². The second-order valence-electron chi connectivity index (χ2n) is 5.17. The van der Waals surface area contributed by atoms with Crippen molar-refractivity contribution >= 4 is 40.2 Å². The van der Waals surface area contributed by atoms with Gasteiger partial charge in [0, 0.05) is 24.2 Å². The lowest BCUT2D eigenvalue weighted by atomic mass is 10.1. The van der Waals surface area contributed by atoms with Crippen molar-refractivity contribution in [3.8, 4) is 0 Å². The Morgan fingerprint density at radius 2 is 2.17 bits per heavy atom. The Labute approximate surface area is 139 Å². The molecule has 7 heteroatoms. The predicted octanol–water partition coefficient (Wildman–Crippen LogP) is 2.22. The number of carbonyl (C=O) groups is 3. The molecule has 1 heterocycles. The fourth-order valence-corrected chi connectivity index (χ4v) is 3.02. The van der Waals surface area contributed by atoms with Gasteiger partial charge >= 0.3 is 0 Å². The number of aliphatic imine (C=N–C) groups is 1. The summed E-state index contributed by atoms with van der Waals surface area (Å²) >= 11 is 1.28. The number of Topliss-reactive ketones (excluding diaryl/α,β-unsaturated/α-hetero) is 1. The summed E-state index contributed by atoms with van der Waals surface area (Å²) in [6.07, 6.45) is 0.962. The van der Waals surface area contributed by atoms with E-state index in [9.17, 15) is 14.4 Å². The van der Waals surface area contributed by atoms with Gasteiger partial charge < -0.3 is 10.6 Å². The largest absolute Gasteiger partial charge is 0.326 e. The quantitative estimate of drug-likeness (QED) is 0.781. The van der Waals surface area contributed by atoms with Crippen LogP contribution in [0.3, 0.4) is 0 Å². The number of carbonyl (C=O) groups excluding carboxylic acids is 3. The molecule has 0 spiro atoms. The van der Waals surface area contributed by atoms with Gasteiger partial charge in [0.1, 0.15) is 5.25 Å². The minimum atomic E-state index is -0.471. The average Bonchev–Trinajstić information content (AvgIpc) is 2.85. The van der Waals surface area contributed by atoms with Gasteiger partial charge in [-0.1, -0.05) is 30.8 Å². The number of rotatable bonds is 6. The van der Waals surface area contributed by atoms with Gasteiger partial charge in [0.05, 0.1) is 0 Å². The van der Waals surface area contributed by atoms with Crippen molar-refractivity contribution in [3.05, 3.63) is 29.8 Å². The minimum Gasteiger partial charge on any atom is -0.326 e. The van der Waals surface area contributed by atoms with E-state index in [1.807, 2.05) is 6.92 Å². The number of ketones is 1. The third-order valence-corrected chi connectivity index (χ3v) is 4.30. The summed E-state index contributed by atoms with van der Waals surface area (Å²) in [7, 11) is 0. The van der Waals surface area contributed by atoms with Crippen LogP contribution in [0.2, 0.25) is 0 Å². The molecule has 1 aliphatic rings. The van der Waals surface area contributed by atoms with Crippen LogP contribution in [0.5, 0.6) is 0 Å². The van der Waals surface area contributed by atoms with E-state index in [4.69, 9.17) is 0 Å². The van der Waals surface area contributed by atoms with Crippen LogP contribution in [0, 0.1) is 0 Å². The molecule has 0 saturated carbocycles. The van der Waals surface area contributed by atoms with Gasteiger partial charge in [-0.25, -0.2) is 0 Å². The molecule has 2 rings (SSSR count). The van der Waals surface area contributed by atoms with Crippen LogP contribution in [0.4, 0.5) is 5.69 Å². The van der Waals surface area contributed by atoms with Crippen molar-refractivity contribution in [2.45, 2.75) is 31.9 Å². The molecule has 1 atom stereocenters. The van der Waals surface area contributed by atoms with Gasteiger partial charge in [-0.05, 0) is 25.5 Å². The Balaban J connectivity index is 1.94. The molecule has 23 heavy (non-hydrogen) atoms. The van der Waals surface area contributed by atoms with Gasteiger partial charge in [-0.3, -0.25) is 19.4 Å². The molecule has 0 bridgehead atoms. The lowest BCUT2D eigenvalue weighted by Crippen LogP contribution is -2.28. The van der Waals surface area contributed by atoms with E-state index in [1.54, 1.807) is 24.3 Å². The second kappa shape index (κ2) is 7.92. The summed E-state index contributed by atoms with van der Waals surface area (Å²) in [5, 5.41) is 5.51. The van der Waals surface area contributed by atoms with E-state index >= 15 is 0 Å². The lowest BCUT2D eigenvalue weighted by Gasteiger charge is -2.08. The maximum atomic E-state index is 12.1. The molecule has 1 fully saturated rings. The van der Waals surface area contributed by atoms with E-state index in [2.05, 4.69) is 15.6 Å². The third-order valence-electron chi connectivity index (χ3n) is 3.18. The molecule has 122 valence electrons. The number of thioether (sulfide) groups is 1. The highest BCUT2D eigenvalue weighted by molar-refractivity contribution is 8.15. The zero-order chi connectivity index (χ0) is 16.8. The number of amidine groups is 1. The first-order valence-corrected chi connectivity index (χ1v) is 8.30. The highest BCUT2D eigenvalue weighted by Crippen LogP contribution is 2.23. The summed E-state index contributed by atoms with van der Waals surface area (Å²) in [5.74, 6) is -0.531. The van der Waals surface area contributed by atoms with Crippen molar-refractivity contribution in [2.75, 3.05) is 11.9 Å². The van der Waals surface area contributed by atoms with Crippen LogP contribution in [0.25, 0.3) is 0 Å². The van der Waals surface area contributed by atoms with Crippen molar-refractivity contribution < 1.29 is 14.4 Å². The summed E-state index contributed by atoms with van der Waals surface area (Å²) in [5.41, 5.74) is 1.08. The maximum absolute atomic E-state index is 12.1. The summed E-state index contributed by atoms with van der Waals surface area (Å²) in [6, 6.07) is 6.73. The molecule has 1 aromatic carbocycles. The third kappa shape index (κ3) is 4.92. The molecule has 1 unspecified atom stereocenters. The Bertz CT molecular complexity index is 658. The van der Waals surface area contributed by atoms with E-state index in [-0.39, 0.29) is 24.0 Å². The van der Waals surface area contributed by atoms with Crippen LogP contribution < -0.4 is 10.6 Å². The van der Waals surface area contributed by atoms with Crippen LogP contribution in [0.1, 0.15) is 37.0 Å².